The van der Waals surface area contributed by atoms with Crippen LogP contribution in [0.25, 0.3) is 0 Å². The van der Waals surface area contributed by atoms with Gasteiger partial charge in [0.15, 0.2) is 0 Å². The maximum absolute atomic E-state index is 6.18. The fourth-order valence-corrected chi connectivity index (χ4v) is 5.03. The molecule has 0 aromatic heterocycles. The number of thioether (sulfide) groups is 1. The number of hydrogen-bond donors (Lipinski definition) is 1. The molecule has 0 aromatic carbocycles. The molecule has 2 aliphatic heterocycles. The molecule has 0 aliphatic carbocycles. The maximum Gasteiger partial charge on any atom is 0.0783 e. The highest BCUT2D eigenvalue weighted by molar-refractivity contribution is 7.99. The lowest BCUT2D eigenvalue weighted by atomic mass is 9.80. The summed E-state index contributed by atoms with van der Waals surface area (Å²) in [4.78, 5) is 0. The third kappa shape index (κ3) is 5.42. The minimum absolute atomic E-state index is 0.208. The van der Waals surface area contributed by atoms with Gasteiger partial charge in [-0.1, -0.05) is 6.92 Å². The largest absolute Gasteiger partial charge is 0.382 e. The summed E-state index contributed by atoms with van der Waals surface area (Å²) in [6.07, 6.45) is 7.38. The first-order valence-electron chi connectivity index (χ1n) is 8.82. The van der Waals surface area contributed by atoms with Gasteiger partial charge < -0.3 is 14.8 Å². The minimum atomic E-state index is 0.208. The van der Waals surface area contributed by atoms with E-state index in [4.69, 9.17) is 9.47 Å². The summed E-state index contributed by atoms with van der Waals surface area (Å²) in [7, 11) is 0. The molecular weight excluding hydrogens is 282 g/mol. The monoisotopic (exact) mass is 315 g/mol. The molecule has 3 nitrogen and oxygen atoms in total. The van der Waals surface area contributed by atoms with E-state index in [0.29, 0.717) is 6.04 Å². The van der Waals surface area contributed by atoms with Crippen LogP contribution in [-0.2, 0) is 9.47 Å². The Morgan fingerprint density at radius 3 is 3.05 bits per heavy atom. The molecule has 4 heteroatoms. The summed E-state index contributed by atoms with van der Waals surface area (Å²) in [5, 5.41) is 3.80. The van der Waals surface area contributed by atoms with Gasteiger partial charge in [0.1, 0.15) is 0 Å². The van der Waals surface area contributed by atoms with Crippen molar-refractivity contribution in [3.8, 4) is 0 Å². The minimum Gasteiger partial charge on any atom is -0.382 e. The van der Waals surface area contributed by atoms with Crippen LogP contribution in [-0.4, -0.2) is 49.5 Å². The summed E-state index contributed by atoms with van der Waals surface area (Å²) in [6.45, 7) is 8.17. The van der Waals surface area contributed by atoms with Crippen LogP contribution in [0.4, 0.5) is 0 Å². The Hall–Kier alpha value is 0.230. The lowest BCUT2D eigenvalue weighted by Gasteiger charge is -2.41. The second-order valence-corrected chi connectivity index (χ2v) is 7.59. The van der Waals surface area contributed by atoms with E-state index in [9.17, 15) is 0 Å². The van der Waals surface area contributed by atoms with E-state index >= 15 is 0 Å². The van der Waals surface area contributed by atoms with Crippen LogP contribution in [0.15, 0.2) is 0 Å². The first kappa shape index (κ1) is 17.6. The molecule has 0 saturated carbocycles. The zero-order valence-corrected chi connectivity index (χ0v) is 14.7. The van der Waals surface area contributed by atoms with E-state index in [1.807, 2.05) is 0 Å². The smallest absolute Gasteiger partial charge is 0.0783 e. The van der Waals surface area contributed by atoms with Gasteiger partial charge in [-0.25, -0.2) is 0 Å². The number of ether oxygens (including phenoxy) is 2. The Kier molecular flexibility index (Phi) is 7.86. The quantitative estimate of drug-likeness (QED) is 0.660. The number of rotatable bonds is 9. The Morgan fingerprint density at radius 2 is 2.33 bits per heavy atom. The molecule has 124 valence electrons. The van der Waals surface area contributed by atoms with E-state index in [2.05, 4.69) is 30.9 Å². The van der Waals surface area contributed by atoms with E-state index in [-0.39, 0.29) is 5.60 Å². The van der Waals surface area contributed by atoms with Gasteiger partial charge >= 0.3 is 0 Å². The van der Waals surface area contributed by atoms with Gasteiger partial charge in [0.05, 0.1) is 5.60 Å². The molecule has 2 heterocycles. The Morgan fingerprint density at radius 1 is 1.43 bits per heavy atom. The summed E-state index contributed by atoms with van der Waals surface area (Å²) >= 11 is 2.07. The van der Waals surface area contributed by atoms with Gasteiger partial charge in [0.2, 0.25) is 0 Å². The van der Waals surface area contributed by atoms with E-state index in [1.54, 1.807) is 0 Å². The average molecular weight is 316 g/mol. The molecule has 0 amide bonds. The topological polar surface area (TPSA) is 30.5 Å². The van der Waals surface area contributed by atoms with Crippen molar-refractivity contribution in [2.24, 2.45) is 5.92 Å². The fourth-order valence-electron chi connectivity index (χ4n) is 3.66. The van der Waals surface area contributed by atoms with Gasteiger partial charge in [0.25, 0.3) is 0 Å². The average Bonchev–Trinajstić information content (AvgIpc) is 2.94. The summed E-state index contributed by atoms with van der Waals surface area (Å²) in [6, 6.07) is 0.650. The number of hydrogen-bond acceptors (Lipinski definition) is 4. The molecular formula is C17H33NO2S. The lowest BCUT2D eigenvalue weighted by Crippen LogP contribution is -2.47. The van der Waals surface area contributed by atoms with Crippen LogP contribution in [0.1, 0.15) is 52.4 Å². The third-order valence-corrected chi connectivity index (χ3v) is 6.05. The Labute approximate surface area is 134 Å². The van der Waals surface area contributed by atoms with Crippen molar-refractivity contribution in [3.05, 3.63) is 0 Å². The van der Waals surface area contributed by atoms with E-state index in [1.165, 1.54) is 50.0 Å². The standard InChI is InChI=1S/C17H33NO2S/c1-3-9-18-16(6-5-10-19-4-2)15-7-11-20-17(13-15)8-12-21-14-17/h15-16,18H,3-14H2,1-2H3. The molecule has 2 aliphatic rings. The van der Waals surface area contributed by atoms with Crippen LogP contribution < -0.4 is 5.32 Å². The molecule has 2 rings (SSSR count). The molecule has 2 saturated heterocycles. The van der Waals surface area contributed by atoms with Crippen molar-refractivity contribution in [3.63, 3.8) is 0 Å². The zero-order chi connectivity index (χ0) is 15.0. The van der Waals surface area contributed by atoms with Gasteiger partial charge in [-0.2, -0.15) is 11.8 Å². The molecule has 0 radical (unpaired) electrons. The van der Waals surface area contributed by atoms with E-state index < -0.39 is 0 Å². The Bertz CT molecular complexity index is 282. The van der Waals surface area contributed by atoms with Crippen LogP contribution >= 0.6 is 11.8 Å². The van der Waals surface area contributed by atoms with Crippen LogP contribution in [0.2, 0.25) is 0 Å². The molecule has 2 fully saturated rings. The Balaban J connectivity index is 1.85. The summed E-state index contributed by atoms with van der Waals surface area (Å²) < 4.78 is 11.7. The van der Waals surface area contributed by atoms with Crippen LogP contribution in [0, 0.1) is 5.92 Å². The summed E-state index contributed by atoms with van der Waals surface area (Å²) in [5.41, 5.74) is 0.208. The molecule has 0 aromatic rings. The molecule has 1 spiro atoms. The lowest BCUT2D eigenvalue weighted by molar-refractivity contribution is -0.0857. The molecule has 3 atom stereocenters. The zero-order valence-electron chi connectivity index (χ0n) is 13.9. The van der Waals surface area contributed by atoms with Crippen LogP contribution in [0.3, 0.4) is 0 Å². The van der Waals surface area contributed by atoms with Gasteiger partial charge in [-0.3, -0.25) is 0 Å². The first-order valence-corrected chi connectivity index (χ1v) is 9.98. The number of nitrogens with one attached hydrogen (secondary N) is 1. The second-order valence-electron chi connectivity index (χ2n) is 6.49. The highest BCUT2D eigenvalue weighted by Gasteiger charge is 2.42. The van der Waals surface area contributed by atoms with Crippen molar-refractivity contribution in [2.75, 3.05) is 37.9 Å². The fraction of sp³-hybridized carbons (Fsp3) is 1.00. The molecule has 1 N–H and O–H groups in total. The highest BCUT2D eigenvalue weighted by Crippen LogP contribution is 2.41. The van der Waals surface area contributed by atoms with Crippen molar-refractivity contribution in [1.82, 2.24) is 5.32 Å². The first-order chi connectivity index (χ1) is 10.3. The van der Waals surface area contributed by atoms with Gasteiger partial charge in [-0.15, -0.1) is 0 Å². The summed E-state index contributed by atoms with van der Waals surface area (Å²) in [5.74, 6) is 3.28. The maximum atomic E-state index is 6.18. The predicted octanol–water partition coefficient (Wildman–Crippen LogP) is 3.47. The highest BCUT2D eigenvalue weighted by atomic mass is 32.2. The van der Waals surface area contributed by atoms with Crippen molar-refractivity contribution in [1.29, 1.82) is 0 Å². The molecule has 21 heavy (non-hydrogen) atoms. The van der Waals surface area contributed by atoms with Gasteiger partial charge in [0, 0.05) is 31.6 Å². The van der Waals surface area contributed by atoms with E-state index in [0.717, 1.165) is 32.3 Å². The van der Waals surface area contributed by atoms with Crippen molar-refractivity contribution < 1.29 is 9.47 Å². The normalized spacial score (nSPS) is 30.9. The van der Waals surface area contributed by atoms with Crippen LogP contribution in [0.5, 0.6) is 0 Å². The SMILES string of the molecule is CCCNC(CCCOCC)C1CCOC2(CCSC2)C1. The van der Waals surface area contributed by atoms with Gasteiger partial charge in [-0.05, 0) is 63.7 Å². The van der Waals surface area contributed by atoms with Crippen molar-refractivity contribution in [2.45, 2.75) is 64.0 Å². The predicted molar refractivity (Wildman–Crippen MR) is 91.2 cm³/mol. The second kappa shape index (κ2) is 9.39. The molecule has 3 unspecified atom stereocenters. The molecule has 0 bridgehead atoms. The third-order valence-electron chi connectivity index (χ3n) is 4.83. The van der Waals surface area contributed by atoms with Crippen molar-refractivity contribution >= 4 is 11.8 Å².